The maximum atomic E-state index is 12.2. The number of benzene rings is 4. The fraction of sp³-hybridized carbons (Fsp3) is 0.308. The molecule has 258 valence electrons. The average molecular weight is 687 g/mol. The lowest BCUT2D eigenvalue weighted by atomic mass is 9.97. The van der Waals surface area contributed by atoms with Gasteiger partial charge in [0.25, 0.3) is 0 Å². The number of fused-ring (bicyclic) bond motifs is 1. The van der Waals surface area contributed by atoms with Crippen LogP contribution in [-0.2, 0) is 54.7 Å². The van der Waals surface area contributed by atoms with E-state index in [1.807, 2.05) is 126 Å². The highest BCUT2D eigenvalue weighted by Crippen LogP contribution is 2.37. The molecule has 0 unspecified atom stereocenters. The van der Waals surface area contributed by atoms with Crippen molar-refractivity contribution in [2.45, 2.75) is 62.9 Å². The third-order valence-corrected chi connectivity index (χ3v) is 8.64. The minimum atomic E-state index is -1.13. The van der Waals surface area contributed by atoms with Gasteiger partial charge in [-0.15, -0.1) is 12.4 Å². The van der Waals surface area contributed by atoms with Crippen molar-refractivity contribution in [3.8, 4) is 0 Å². The van der Waals surface area contributed by atoms with Gasteiger partial charge in [0.1, 0.15) is 30.5 Å². The normalized spacial score (nSPS) is 21.2. The Morgan fingerprint density at radius 3 is 1.92 bits per heavy atom. The lowest BCUT2D eigenvalue weighted by Gasteiger charge is -2.45. The van der Waals surface area contributed by atoms with E-state index in [9.17, 15) is 9.90 Å². The molecule has 3 N–H and O–H groups in total. The topological polar surface area (TPSA) is 114 Å². The van der Waals surface area contributed by atoms with Crippen molar-refractivity contribution in [2.75, 3.05) is 13.7 Å². The molecule has 1 fully saturated rings. The summed E-state index contributed by atoms with van der Waals surface area (Å²) in [5.41, 5.74) is 10.8. The van der Waals surface area contributed by atoms with Gasteiger partial charge >= 0.3 is 5.97 Å². The minimum absolute atomic E-state index is 0. The first-order chi connectivity index (χ1) is 23.5. The van der Waals surface area contributed by atoms with Gasteiger partial charge in [-0.05, 0) is 28.3 Å². The zero-order valence-corrected chi connectivity index (χ0v) is 28.2. The number of ether oxygens (including phenoxy) is 5. The molecule has 4 aromatic carbocycles. The number of nitrogens with two attached hydrogens (primary N) is 1. The number of esters is 1. The summed E-state index contributed by atoms with van der Waals surface area (Å²) < 4.78 is 32.9. The molecule has 1 aliphatic heterocycles. The smallest absolute Gasteiger partial charge is 0.322 e. The van der Waals surface area contributed by atoms with Gasteiger partial charge in [0.05, 0.1) is 39.1 Å². The third kappa shape index (κ3) is 8.95. The number of hydrogen-bond acceptors (Lipinski definition) is 8. The summed E-state index contributed by atoms with van der Waals surface area (Å²) in [7, 11) is 1.32. The zero-order valence-electron chi connectivity index (χ0n) is 27.4. The van der Waals surface area contributed by atoms with Crippen molar-refractivity contribution in [1.82, 2.24) is 4.57 Å². The molecule has 5 aromatic rings. The molecule has 0 aliphatic carbocycles. The summed E-state index contributed by atoms with van der Waals surface area (Å²) in [5.74, 6) is -0.496. The fourth-order valence-electron chi connectivity index (χ4n) is 6.19. The molecule has 10 heteroatoms. The number of hydrogen-bond donors (Lipinski definition) is 2. The standard InChI is InChI=1S/C39H42N2O7.ClH/c1-44-39(43)32(40)21-30-22-41(33-20-12-11-19-31(30)33)38-35(42)37(47-25-29-17-9-4-10-18-29)36(46-24-28-15-7-3-8-16-28)34(48-38)26-45-23-27-13-5-2-6-14-27;/h2-20,22,32,34-38,42H,21,23-26,40H2,1H3;1H/t32-,34-,35+,36-,37-,38+;/m1./s1. The number of rotatable bonds is 14. The van der Waals surface area contributed by atoms with Gasteiger partial charge in [-0.1, -0.05) is 109 Å². The third-order valence-electron chi connectivity index (χ3n) is 8.64. The molecular weight excluding hydrogens is 644 g/mol. The number of carbonyl (C=O) groups is 1. The van der Waals surface area contributed by atoms with Gasteiger partial charge in [-0.3, -0.25) is 4.79 Å². The van der Waals surface area contributed by atoms with E-state index in [1.165, 1.54) is 7.11 Å². The Morgan fingerprint density at radius 2 is 1.33 bits per heavy atom. The molecule has 2 heterocycles. The maximum Gasteiger partial charge on any atom is 0.322 e. The summed E-state index contributed by atoms with van der Waals surface area (Å²) in [6.45, 7) is 1.15. The molecule has 49 heavy (non-hydrogen) atoms. The Balaban J connectivity index is 0.00000468. The van der Waals surface area contributed by atoms with Gasteiger partial charge < -0.3 is 39.1 Å². The highest BCUT2D eigenvalue weighted by Gasteiger charge is 2.48. The predicted molar refractivity (Wildman–Crippen MR) is 189 cm³/mol. The van der Waals surface area contributed by atoms with Crippen LogP contribution < -0.4 is 5.73 Å². The van der Waals surface area contributed by atoms with Crippen molar-refractivity contribution in [3.63, 3.8) is 0 Å². The van der Waals surface area contributed by atoms with E-state index in [4.69, 9.17) is 29.4 Å². The predicted octanol–water partition coefficient (Wildman–Crippen LogP) is 5.75. The Hall–Kier alpha value is -4.06. The summed E-state index contributed by atoms with van der Waals surface area (Å²) in [6.07, 6.45) is -1.89. The van der Waals surface area contributed by atoms with Crippen LogP contribution in [0.15, 0.2) is 121 Å². The highest BCUT2D eigenvalue weighted by molar-refractivity contribution is 5.86. The molecule has 0 bridgehead atoms. The van der Waals surface area contributed by atoms with E-state index in [0.29, 0.717) is 13.2 Å². The SMILES string of the molecule is COC(=O)[C@H](N)Cc1cn([C@H]2O[C@H](COCc3ccccc3)[C@@H](OCc3ccccc3)[C@H](OCc3ccccc3)[C@@H]2O)c2ccccc12.Cl. The first kappa shape index (κ1) is 36.2. The molecule has 9 nitrogen and oxygen atoms in total. The first-order valence-corrected chi connectivity index (χ1v) is 16.2. The Labute approximate surface area is 292 Å². The summed E-state index contributed by atoms with van der Waals surface area (Å²) in [4.78, 5) is 12.2. The Kier molecular flexibility index (Phi) is 13.0. The lowest BCUT2D eigenvalue weighted by Crippen LogP contribution is -2.58. The number of carbonyl (C=O) groups excluding carboxylic acids is 1. The van der Waals surface area contributed by atoms with Crippen molar-refractivity contribution in [2.24, 2.45) is 5.73 Å². The van der Waals surface area contributed by atoms with Crippen LogP contribution in [0.2, 0.25) is 0 Å². The lowest BCUT2D eigenvalue weighted by molar-refractivity contribution is -0.278. The van der Waals surface area contributed by atoms with Gasteiger partial charge in [-0.2, -0.15) is 0 Å². The monoisotopic (exact) mass is 686 g/mol. The fourth-order valence-corrected chi connectivity index (χ4v) is 6.19. The van der Waals surface area contributed by atoms with Gasteiger partial charge in [0.15, 0.2) is 6.23 Å². The zero-order chi connectivity index (χ0) is 33.3. The van der Waals surface area contributed by atoms with Crippen LogP contribution in [0.1, 0.15) is 28.5 Å². The van der Waals surface area contributed by atoms with E-state index >= 15 is 0 Å². The molecule has 0 spiro atoms. The van der Waals surface area contributed by atoms with E-state index in [0.717, 1.165) is 33.2 Å². The highest BCUT2D eigenvalue weighted by atomic mass is 35.5. The van der Waals surface area contributed by atoms with Crippen LogP contribution in [0.25, 0.3) is 10.9 Å². The van der Waals surface area contributed by atoms with Crippen LogP contribution in [0.5, 0.6) is 0 Å². The largest absolute Gasteiger partial charge is 0.468 e. The molecule has 1 aromatic heterocycles. The molecule has 0 amide bonds. The Morgan fingerprint density at radius 1 is 0.796 bits per heavy atom. The average Bonchev–Trinajstić information content (AvgIpc) is 3.49. The van der Waals surface area contributed by atoms with Crippen molar-refractivity contribution < 1.29 is 33.6 Å². The van der Waals surface area contributed by atoms with E-state index < -0.39 is 42.7 Å². The van der Waals surface area contributed by atoms with Crippen molar-refractivity contribution in [1.29, 1.82) is 0 Å². The number of aliphatic hydroxyl groups excluding tert-OH is 1. The molecule has 6 rings (SSSR count). The van der Waals surface area contributed by atoms with Gasteiger partial charge in [0.2, 0.25) is 0 Å². The van der Waals surface area contributed by atoms with Crippen LogP contribution in [-0.4, -0.2) is 59.8 Å². The Bertz CT molecular complexity index is 1740. The number of nitrogens with zero attached hydrogens (tertiary/aromatic N) is 1. The first-order valence-electron chi connectivity index (χ1n) is 16.2. The van der Waals surface area contributed by atoms with Gasteiger partial charge in [-0.25, -0.2) is 0 Å². The van der Waals surface area contributed by atoms with Crippen LogP contribution in [0.4, 0.5) is 0 Å². The molecular formula is C39H43ClN2O7. The number of para-hydroxylation sites is 1. The summed E-state index contributed by atoms with van der Waals surface area (Å²) in [5, 5.41) is 13.0. The van der Waals surface area contributed by atoms with E-state index in [-0.39, 0.29) is 32.0 Å². The molecule has 6 atom stereocenters. The van der Waals surface area contributed by atoms with Gasteiger partial charge in [0, 0.05) is 18.0 Å². The second-order valence-corrected chi connectivity index (χ2v) is 12.0. The summed E-state index contributed by atoms with van der Waals surface area (Å²) >= 11 is 0. The second-order valence-electron chi connectivity index (χ2n) is 12.0. The van der Waals surface area contributed by atoms with Crippen LogP contribution in [0, 0.1) is 0 Å². The number of aliphatic hydroxyl groups is 1. The van der Waals surface area contributed by atoms with E-state index in [1.54, 1.807) is 0 Å². The maximum absolute atomic E-state index is 12.2. The second kappa shape index (κ2) is 17.6. The van der Waals surface area contributed by atoms with Crippen LogP contribution in [0.3, 0.4) is 0 Å². The van der Waals surface area contributed by atoms with Crippen LogP contribution >= 0.6 is 12.4 Å². The number of halogens is 1. The molecule has 0 saturated carbocycles. The van der Waals surface area contributed by atoms with Crippen molar-refractivity contribution >= 4 is 29.3 Å². The molecule has 0 radical (unpaired) electrons. The van der Waals surface area contributed by atoms with Crippen molar-refractivity contribution in [3.05, 3.63) is 144 Å². The summed E-state index contributed by atoms with van der Waals surface area (Å²) in [6, 6.07) is 36.6. The molecule has 1 aliphatic rings. The van der Waals surface area contributed by atoms with E-state index in [2.05, 4.69) is 0 Å². The number of aromatic nitrogens is 1. The quantitative estimate of drug-likeness (QED) is 0.142. The number of methoxy groups -OCH3 is 1. The minimum Gasteiger partial charge on any atom is -0.468 e. The molecule has 1 saturated heterocycles.